The van der Waals surface area contributed by atoms with Gasteiger partial charge in [0.2, 0.25) is 0 Å². The summed E-state index contributed by atoms with van der Waals surface area (Å²) in [6, 6.07) is 129. The van der Waals surface area contributed by atoms with Gasteiger partial charge in [0.1, 0.15) is 29.1 Å². The molecule has 0 bridgehead atoms. The fourth-order valence-corrected chi connectivity index (χ4v) is 19.2. The molecule has 0 amide bonds. The van der Waals surface area contributed by atoms with Gasteiger partial charge in [-0.25, -0.2) is 29.9 Å². The summed E-state index contributed by atoms with van der Waals surface area (Å²) in [5.41, 5.74) is 27.0. The number of aromatic nitrogens is 18. The summed E-state index contributed by atoms with van der Waals surface area (Å²) in [5, 5.41) is 11.6. The highest BCUT2D eigenvalue weighted by Gasteiger charge is 2.24. The van der Waals surface area contributed by atoms with E-state index >= 15 is 0 Å². The molecule has 0 unspecified atom stereocenters. The SMILES string of the molecule is c1cc(-c2ccc(-n3c4ccccc4c4ncccc43)cc2)nc(-c2cccc(-n3c4ccccc4c4ncccc43)n2)c1.c1cc(-c2ccccc2-c2cccc(-n3c4ccccc4c4ccncc43)n2)nc(-n2c3ccccc3c3ccncc32)c1.c1cc(-c2ccccc2-c2cccc(-n3c4ccccc4c4ccncc43)n2)nc(-n2c3ccccc3c3ccncc32)c1. The lowest BCUT2D eigenvalue weighted by atomic mass is 10.0. The second kappa shape index (κ2) is 31.9. The average molecular weight is 1690 g/mol. The Balaban J connectivity index is 0.000000106. The van der Waals surface area contributed by atoms with Crippen LogP contribution in [0.15, 0.2) is 438 Å². The number of pyridine rings is 12. The van der Waals surface area contributed by atoms with E-state index < -0.39 is 0 Å². The second-order valence-electron chi connectivity index (χ2n) is 32.4. The zero-order valence-corrected chi connectivity index (χ0v) is 70.6. The topological polar surface area (TPSA) is 184 Å². The third-order valence-electron chi connectivity index (χ3n) is 25.0. The summed E-state index contributed by atoms with van der Waals surface area (Å²) in [7, 11) is 0. The van der Waals surface area contributed by atoms with Crippen molar-refractivity contribution in [3.8, 4) is 102 Å². The van der Waals surface area contributed by atoms with Crippen molar-refractivity contribution >= 4 is 131 Å². The Morgan fingerprint density at radius 3 is 0.758 bits per heavy atom. The zero-order chi connectivity index (χ0) is 87.1. The van der Waals surface area contributed by atoms with E-state index in [-0.39, 0.29) is 0 Å². The molecule has 18 heterocycles. The third kappa shape index (κ3) is 12.9. The average Bonchev–Trinajstić information content (AvgIpc) is 1.65. The van der Waals surface area contributed by atoms with E-state index in [1.165, 1.54) is 21.5 Å². The lowest BCUT2D eigenvalue weighted by Crippen LogP contribution is -2.00. The molecule has 132 heavy (non-hydrogen) atoms. The van der Waals surface area contributed by atoms with Crippen molar-refractivity contribution in [1.29, 1.82) is 0 Å². The summed E-state index contributed by atoms with van der Waals surface area (Å²) in [4.78, 5) is 58.1. The summed E-state index contributed by atoms with van der Waals surface area (Å²) in [6.45, 7) is 0. The van der Waals surface area contributed by atoms with E-state index in [0.717, 1.165) is 212 Å². The van der Waals surface area contributed by atoms with Crippen LogP contribution in [0.5, 0.6) is 0 Å². The molecule has 27 aromatic rings. The van der Waals surface area contributed by atoms with Gasteiger partial charge in [0, 0.05) is 125 Å². The molecule has 0 saturated carbocycles. The van der Waals surface area contributed by atoms with E-state index in [1.807, 2.05) is 117 Å². The van der Waals surface area contributed by atoms with Gasteiger partial charge in [-0.3, -0.25) is 52.7 Å². The van der Waals surface area contributed by atoms with Gasteiger partial charge < -0.3 is 4.57 Å². The van der Waals surface area contributed by atoms with Gasteiger partial charge in [-0.1, -0.05) is 206 Å². The summed E-state index contributed by atoms with van der Waals surface area (Å²) >= 11 is 0. The van der Waals surface area contributed by atoms with Crippen LogP contribution in [0.4, 0.5) is 0 Å². The predicted molar refractivity (Wildman–Crippen MR) is 532 cm³/mol. The number of hydrogen-bond acceptors (Lipinski definition) is 12. The Morgan fingerprint density at radius 2 is 0.402 bits per heavy atom. The molecule has 9 aromatic carbocycles. The maximum atomic E-state index is 5.22. The number of fused-ring (bicyclic) bond motifs is 18. The molecule has 0 aliphatic carbocycles. The van der Waals surface area contributed by atoms with Gasteiger partial charge >= 0.3 is 0 Å². The Hall–Kier alpha value is -18.4. The first kappa shape index (κ1) is 76.1. The molecule has 27 rings (SSSR count). The fraction of sp³-hybridized carbons (Fsp3) is 0. The minimum Gasteiger partial charge on any atom is -0.308 e. The first-order valence-corrected chi connectivity index (χ1v) is 43.7. The Labute approximate surface area is 754 Å². The van der Waals surface area contributed by atoms with E-state index in [9.17, 15) is 0 Å². The van der Waals surface area contributed by atoms with Crippen LogP contribution in [0.3, 0.4) is 0 Å². The lowest BCUT2D eigenvalue weighted by molar-refractivity contribution is 1.07. The molecule has 18 aromatic heterocycles. The lowest BCUT2D eigenvalue weighted by Gasteiger charge is -2.13. The number of rotatable bonds is 12. The van der Waals surface area contributed by atoms with E-state index in [2.05, 4.69) is 379 Å². The number of hydrogen-bond donors (Lipinski definition) is 0. The van der Waals surface area contributed by atoms with Crippen LogP contribution in [0.2, 0.25) is 0 Å². The van der Waals surface area contributed by atoms with Crippen LogP contribution in [0, 0.1) is 0 Å². The van der Waals surface area contributed by atoms with Crippen molar-refractivity contribution < 1.29 is 0 Å². The number of benzene rings is 9. The van der Waals surface area contributed by atoms with E-state index in [1.54, 1.807) is 0 Å². The molecule has 0 saturated heterocycles. The van der Waals surface area contributed by atoms with Crippen molar-refractivity contribution in [2.75, 3.05) is 0 Å². The Kier molecular flexibility index (Phi) is 18.4. The van der Waals surface area contributed by atoms with E-state index in [4.69, 9.17) is 29.9 Å². The van der Waals surface area contributed by atoms with Gasteiger partial charge in [-0.15, -0.1) is 0 Å². The summed E-state index contributed by atoms with van der Waals surface area (Å²) < 4.78 is 13.2. The Bertz CT molecular complexity index is 8210. The maximum Gasteiger partial charge on any atom is 0.138 e. The van der Waals surface area contributed by atoms with Crippen molar-refractivity contribution in [1.82, 2.24) is 87.2 Å². The van der Waals surface area contributed by atoms with Crippen LogP contribution >= 0.6 is 0 Å². The van der Waals surface area contributed by atoms with Gasteiger partial charge in [-0.05, 0) is 170 Å². The minimum atomic E-state index is 0.813. The van der Waals surface area contributed by atoms with Crippen molar-refractivity contribution in [2.45, 2.75) is 0 Å². The summed E-state index contributed by atoms with van der Waals surface area (Å²) in [5.74, 6) is 4.21. The van der Waals surface area contributed by atoms with Gasteiger partial charge in [0.15, 0.2) is 0 Å². The van der Waals surface area contributed by atoms with Gasteiger partial charge in [0.25, 0.3) is 0 Å². The number of nitrogens with zero attached hydrogens (tertiary/aromatic N) is 18. The highest BCUT2D eigenvalue weighted by molar-refractivity contribution is 6.13. The van der Waals surface area contributed by atoms with Crippen LogP contribution in [0.25, 0.3) is 234 Å². The largest absolute Gasteiger partial charge is 0.308 e. The smallest absolute Gasteiger partial charge is 0.138 e. The van der Waals surface area contributed by atoms with Crippen LogP contribution < -0.4 is 0 Å². The molecule has 0 aliphatic rings. The molecule has 0 atom stereocenters. The molecule has 0 aliphatic heterocycles. The van der Waals surface area contributed by atoms with Crippen LogP contribution in [0.1, 0.15) is 0 Å². The molecule has 18 nitrogen and oxygen atoms in total. The van der Waals surface area contributed by atoms with Crippen LogP contribution in [-0.2, 0) is 0 Å². The molecule has 618 valence electrons. The predicted octanol–water partition coefficient (Wildman–Crippen LogP) is 26.4. The second-order valence-corrected chi connectivity index (χ2v) is 32.4. The highest BCUT2D eigenvalue weighted by atomic mass is 15.1. The fourth-order valence-electron chi connectivity index (χ4n) is 19.2. The van der Waals surface area contributed by atoms with Crippen molar-refractivity contribution in [3.05, 3.63) is 438 Å². The quantitative estimate of drug-likeness (QED) is 0.113. The maximum absolute atomic E-state index is 5.22. The molecule has 18 heteroatoms. The third-order valence-corrected chi connectivity index (χ3v) is 25.0. The van der Waals surface area contributed by atoms with Crippen molar-refractivity contribution in [3.63, 3.8) is 0 Å². The molecular weight excluding hydrogens is 1620 g/mol. The highest BCUT2D eigenvalue weighted by Crippen LogP contribution is 2.42. The molecular formula is C114H72N18. The Morgan fingerprint density at radius 1 is 0.152 bits per heavy atom. The standard InChI is InChI=1S/3C38H24N6/c1-3-14-32-27(9-1)37-34(16-7-23-39-37)43(32)26-21-19-25(20-22-26)29-11-5-12-30(41-29)31-13-6-18-36(42-31)44-33-15-4-2-10-28(33)38-35(44)17-8-24-40-38;2*1-2-10-26(32-14-8-18-38(42-32)44-34-16-6-4-12-28(34)30-20-22-40-24-36(30)44)25(9-1)31-13-7-17-37(41-31)43-33-15-5-3-11-27(33)29-19-21-39-23-35(29)43/h3*1-24H. The van der Waals surface area contributed by atoms with Crippen molar-refractivity contribution in [2.24, 2.45) is 0 Å². The normalized spacial score (nSPS) is 11.6. The first-order valence-electron chi connectivity index (χ1n) is 43.7. The summed E-state index contributed by atoms with van der Waals surface area (Å²) in [6.07, 6.45) is 18.7. The van der Waals surface area contributed by atoms with Gasteiger partial charge in [0.05, 0.1) is 142 Å². The molecule has 0 spiro atoms. The van der Waals surface area contributed by atoms with Gasteiger partial charge in [-0.2, -0.15) is 0 Å². The molecule has 0 radical (unpaired) electrons. The minimum absolute atomic E-state index is 0.813. The van der Waals surface area contributed by atoms with Crippen LogP contribution in [-0.4, -0.2) is 87.2 Å². The zero-order valence-electron chi connectivity index (χ0n) is 70.6. The molecule has 0 fully saturated rings. The first-order chi connectivity index (χ1) is 65.5. The number of para-hydroxylation sites is 6. The van der Waals surface area contributed by atoms with E-state index in [0.29, 0.717) is 0 Å². The molecule has 0 N–H and O–H groups in total. The monoisotopic (exact) mass is 1690 g/mol.